The summed E-state index contributed by atoms with van der Waals surface area (Å²) in [5, 5.41) is 3.01. The molecule has 0 fully saturated rings. The highest BCUT2D eigenvalue weighted by Crippen LogP contribution is 2.04. The molecule has 1 amide bonds. The quantitative estimate of drug-likeness (QED) is 0.642. The van der Waals surface area contributed by atoms with Crippen LogP contribution in [0, 0.1) is 12.8 Å². The molecule has 1 unspecified atom stereocenters. The molecule has 114 valence electrons. The van der Waals surface area contributed by atoms with Crippen molar-refractivity contribution < 1.29 is 4.79 Å². The van der Waals surface area contributed by atoms with E-state index in [1.54, 1.807) is 0 Å². The second-order valence-corrected chi connectivity index (χ2v) is 5.49. The lowest BCUT2D eigenvalue weighted by Crippen LogP contribution is -2.29. The molecule has 0 aliphatic carbocycles. The molecular weight excluding hydrogens is 252 g/mol. The van der Waals surface area contributed by atoms with Crippen LogP contribution in [0.25, 0.3) is 0 Å². The Labute approximate surface area is 122 Å². The van der Waals surface area contributed by atoms with Gasteiger partial charge in [-0.1, -0.05) is 19.8 Å². The first-order valence-corrected chi connectivity index (χ1v) is 7.58. The summed E-state index contributed by atoms with van der Waals surface area (Å²) in [5.41, 5.74) is 5.43. The van der Waals surface area contributed by atoms with Crippen LogP contribution in [0.2, 0.25) is 0 Å². The van der Waals surface area contributed by atoms with E-state index in [4.69, 9.17) is 5.73 Å². The number of rotatable bonds is 10. The molecule has 5 nitrogen and oxygen atoms in total. The lowest BCUT2D eigenvalue weighted by Gasteiger charge is -2.14. The largest absolute Gasteiger partial charge is 0.356 e. The van der Waals surface area contributed by atoms with E-state index in [0.29, 0.717) is 12.3 Å². The molecule has 1 aromatic heterocycles. The lowest BCUT2D eigenvalue weighted by atomic mass is 10.1. The first kappa shape index (κ1) is 16.7. The minimum Gasteiger partial charge on any atom is -0.356 e. The van der Waals surface area contributed by atoms with Gasteiger partial charge < -0.3 is 15.6 Å². The van der Waals surface area contributed by atoms with E-state index in [0.717, 1.165) is 51.1 Å². The third-order valence-electron chi connectivity index (χ3n) is 3.44. The van der Waals surface area contributed by atoms with E-state index in [-0.39, 0.29) is 5.91 Å². The fourth-order valence-corrected chi connectivity index (χ4v) is 2.16. The number of nitrogens with two attached hydrogens (primary N) is 1. The third-order valence-corrected chi connectivity index (χ3v) is 3.44. The van der Waals surface area contributed by atoms with Gasteiger partial charge in [0.2, 0.25) is 5.91 Å². The fraction of sp³-hybridized carbons (Fsp3) is 0.733. The van der Waals surface area contributed by atoms with E-state index in [1.807, 2.05) is 19.3 Å². The number of aryl methyl sites for hydroxylation is 1. The number of nitrogens with one attached hydrogen (secondary N) is 1. The molecule has 0 spiro atoms. The summed E-state index contributed by atoms with van der Waals surface area (Å²) >= 11 is 0. The second-order valence-electron chi connectivity index (χ2n) is 5.49. The number of hydrogen-bond donors (Lipinski definition) is 2. The molecule has 0 aliphatic heterocycles. The Balaban J connectivity index is 2.09. The summed E-state index contributed by atoms with van der Waals surface area (Å²) in [6.45, 7) is 6.49. The summed E-state index contributed by atoms with van der Waals surface area (Å²) < 4.78 is 2.11. The Bertz CT molecular complexity index is 389. The van der Waals surface area contributed by atoms with Gasteiger partial charge in [0.05, 0.1) is 0 Å². The molecule has 1 atom stereocenters. The van der Waals surface area contributed by atoms with Gasteiger partial charge in [-0.05, 0) is 32.2 Å². The standard InChI is InChI=1S/C15H28N4O/c1-13(12-19-10-9-17-14(19)2)11-18-15(20)7-5-3-4-6-8-16/h9-10,13H,3-8,11-12,16H2,1-2H3,(H,18,20). The monoisotopic (exact) mass is 280 g/mol. The smallest absolute Gasteiger partial charge is 0.220 e. The van der Waals surface area contributed by atoms with Gasteiger partial charge in [0.1, 0.15) is 5.82 Å². The van der Waals surface area contributed by atoms with Crippen molar-refractivity contribution in [2.45, 2.75) is 52.5 Å². The fourth-order valence-electron chi connectivity index (χ4n) is 2.16. The number of amides is 1. The summed E-state index contributed by atoms with van der Waals surface area (Å²) in [5.74, 6) is 1.58. The Morgan fingerprint density at radius 1 is 1.40 bits per heavy atom. The van der Waals surface area contributed by atoms with Crippen LogP contribution in [0.15, 0.2) is 12.4 Å². The summed E-state index contributed by atoms with van der Waals surface area (Å²) in [6, 6.07) is 0. The highest BCUT2D eigenvalue weighted by atomic mass is 16.1. The van der Waals surface area contributed by atoms with E-state index in [9.17, 15) is 4.79 Å². The number of aromatic nitrogens is 2. The van der Waals surface area contributed by atoms with Gasteiger partial charge in [0, 0.05) is 31.9 Å². The highest BCUT2D eigenvalue weighted by molar-refractivity contribution is 5.75. The van der Waals surface area contributed by atoms with Crippen LogP contribution < -0.4 is 11.1 Å². The van der Waals surface area contributed by atoms with Gasteiger partial charge in [-0.15, -0.1) is 0 Å². The van der Waals surface area contributed by atoms with Gasteiger partial charge in [-0.25, -0.2) is 4.98 Å². The lowest BCUT2D eigenvalue weighted by molar-refractivity contribution is -0.121. The number of imidazole rings is 1. The predicted octanol–water partition coefficient (Wildman–Crippen LogP) is 1.85. The Kier molecular flexibility index (Phi) is 7.95. The molecule has 0 saturated heterocycles. The van der Waals surface area contributed by atoms with Crippen molar-refractivity contribution in [3.8, 4) is 0 Å². The van der Waals surface area contributed by atoms with Gasteiger partial charge >= 0.3 is 0 Å². The van der Waals surface area contributed by atoms with E-state index >= 15 is 0 Å². The Hall–Kier alpha value is -1.36. The molecule has 0 aliphatic rings. The first-order valence-electron chi connectivity index (χ1n) is 7.58. The minimum atomic E-state index is 0.159. The molecule has 0 aromatic carbocycles. The maximum absolute atomic E-state index is 11.7. The van der Waals surface area contributed by atoms with Crippen LogP contribution in [-0.2, 0) is 11.3 Å². The van der Waals surface area contributed by atoms with Crippen molar-refractivity contribution in [2.75, 3.05) is 13.1 Å². The second kappa shape index (κ2) is 9.53. The Morgan fingerprint density at radius 2 is 2.15 bits per heavy atom. The number of nitrogens with zero attached hydrogens (tertiary/aromatic N) is 2. The van der Waals surface area contributed by atoms with Crippen molar-refractivity contribution in [3.63, 3.8) is 0 Å². The SMILES string of the molecule is Cc1nccn1CC(C)CNC(=O)CCCCCCN. The van der Waals surface area contributed by atoms with Gasteiger partial charge in [0.25, 0.3) is 0 Å². The zero-order valence-electron chi connectivity index (χ0n) is 12.8. The van der Waals surface area contributed by atoms with E-state index in [1.165, 1.54) is 0 Å². The molecule has 1 heterocycles. The number of carbonyl (C=O) groups is 1. The van der Waals surface area contributed by atoms with Crippen molar-refractivity contribution in [3.05, 3.63) is 18.2 Å². The molecule has 20 heavy (non-hydrogen) atoms. The molecule has 0 bridgehead atoms. The highest BCUT2D eigenvalue weighted by Gasteiger charge is 2.07. The van der Waals surface area contributed by atoms with Gasteiger partial charge in [-0.3, -0.25) is 4.79 Å². The maximum Gasteiger partial charge on any atom is 0.220 e. The van der Waals surface area contributed by atoms with Crippen LogP contribution >= 0.6 is 0 Å². The maximum atomic E-state index is 11.7. The van der Waals surface area contributed by atoms with Crippen molar-refractivity contribution in [2.24, 2.45) is 11.7 Å². The topological polar surface area (TPSA) is 72.9 Å². The van der Waals surface area contributed by atoms with Crippen molar-refractivity contribution in [1.82, 2.24) is 14.9 Å². The van der Waals surface area contributed by atoms with Crippen LogP contribution in [0.3, 0.4) is 0 Å². The third kappa shape index (κ3) is 6.70. The minimum absolute atomic E-state index is 0.159. The van der Waals surface area contributed by atoms with Crippen LogP contribution in [0.1, 0.15) is 44.9 Å². The van der Waals surface area contributed by atoms with Gasteiger partial charge in [0.15, 0.2) is 0 Å². The zero-order valence-corrected chi connectivity index (χ0v) is 12.8. The predicted molar refractivity (Wildman–Crippen MR) is 81.3 cm³/mol. The molecule has 3 N–H and O–H groups in total. The molecule has 0 saturated carbocycles. The number of carbonyl (C=O) groups excluding carboxylic acids is 1. The molecule has 1 aromatic rings. The Morgan fingerprint density at radius 3 is 2.80 bits per heavy atom. The zero-order chi connectivity index (χ0) is 14.8. The van der Waals surface area contributed by atoms with E-state index < -0.39 is 0 Å². The molecule has 0 radical (unpaired) electrons. The van der Waals surface area contributed by atoms with E-state index in [2.05, 4.69) is 21.8 Å². The normalized spacial score (nSPS) is 12.3. The number of hydrogen-bond acceptors (Lipinski definition) is 3. The van der Waals surface area contributed by atoms with Gasteiger partial charge in [-0.2, -0.15) is 0 Å². The molecule has 1 rings (SSSR count). The summed E-state index contributed by atoms with van der Waals surface area (Å²) in [4.78, 5) is 15.9. The average Bonchev–Trinajstić information content (AvgIpc) is 2.82. The van der Waals surface area contributed by atoms with Crippen LogP contribution in [0.5, 0.6) is 0 Å². The first-order chi connectivity index (χ1) is 9.63. The van der Waals surface area contributed by atoms with Crippen LogP contribution in [-0.4, -0.2) is 28.5 Å². The van der Waals surface area contributed by atoms with Crippen molar-refractivity contribution >= 4 is 5.91 Å². The summed E-state index contributed by atoms with van der Waals surface area (Å²) in [7, 11) is 0. The number of unbranched alkanes of at least 4 members (excludes halogenated alkanes) is 3. The molecular formula is C15H28N4O. The summed E-state index contributed by atoms with van der Waals surface area (Å²) in [6.07, 6.45) is 8.65. The van der Waals surface area contributed by atoms with Crippen molar-refractivity contribution in [1.29, 1.82) is 0 Å². The average molecular weight is 280 g/mol. The van der Waals surface area contributed by atoms with Crippen LogP contribution in [0.4, 0.5) is 0 Å². The molecule has 5 heteroatoms.